The average molecular weight is 424 g/mol. The smallest absolute Gasteiger partial charge is 0.253 e. The van der Waals surface area contributed by atoms with Gasteiger partial charge in [-0.05, 0) is 49.2 Å². The third-order valence-corrected chi connectivity index (χ3v) is 5.40. The van der Waals surface area contributed by atoms with Crippen LogP contribution in [0.25, 0.3) is 11.3 Å². The Bertz CT molecular complexity index is 1040. The molecule has 0 saturated carbocycles. The largest absolute Gasteiger partial charge is 0.441 e. The summed E-state index contributed by atoms with van der Waals surface area (Å²) in [5, 5.41) is 3.43. The maximum Gasteiger partial charge on any atom is 0.253 e. The molecule has 0 bridgehead atoms. The highest BCUT2D eigenvalue weighted by Crippen LogP contribution is 2.28. The second-order valence-corrected chi connectivity index (χ2v) is 7.63. The molecule has 1 aromatic heterocycles. The van der Waals surface area contributed by atoms with E-state index in [0.717, 1.165) is 31.5 Å². The number of halogens is 1. The lowest BCUT2D eigenvalue weighted by Crippen LogP contribution is -2.27. The zero-order valence-electron chi connectivity index (χ0n) is 16.4. The first-order valence-electron chi connectivity index (χ1n) is 9.99. The Morgan fingerprint density at radius 2 is 1.80 bits per heavy atom. The van der Waals surface area contributed by atoms with Crippen molar-refractivity contribution in [3.63, 3.8) is 0 Å². The summed E-state index contributed by atoms with van der Waals surface area (Å²) in [6.07, 6.45) is 4.35. The number of rotatable bonds is 6. The predicted octanol–water partition coefficient (Wildman–Crippen LogP) is 4.80. The van der Waals surface area contributed by atoms with E-state index in [4.69, 9.17) is 16.0 Å². The molecular weight excluding hydrogens is 402 g/mol. The molecule has 1 aliphatic rings. The monoisotopic (exact) mass is 423 g/mol. The molecule has 7 heteroatoms. The number of likely N-dealkylation sites (tertiary alicyclic amines) is 1. The van der Waals surface area contributed by atoms with Gasteiger partial charge in [0.05, 0.1) is 11.2 Å². The molecule has 0 aliphatic carbocycles. The van der Waals surface area contributed by atoms with Crippen molar-refractivity contribution in [2.24, 2.45) is 0 Å². The van der Waals surface area contributed by atoms with Gasteiger partial charge in [0, 0.05) is 42.7 Å². The van der Waals surface area contributed by atoms with E-state index in [2.05, 4.69) is 10.3 Å². The van der Waals surface area contributed by atoms with Crippen LogP contribution in [0.3, 0.4) is 0 Å². The van der Waals surface area contributed by atoms with Crippen LogP contribution in [-0.4, -0.2) is 34.8 Å². The molecule has 2 amide bonds. The summed E-state index contributed by atoms with van der Waals surface area (Å²) >= 11 is 6.18. The van der Waals surface area contributed by atoms with Gasteiger partial charge < -0.3 is 14.6 Å². The Morgan fingerprint density at radius 3 is 2.53 bits per heavy atom. The maximum atomic E-state index is 12.4. The van der Waals surface area contributed by atoms with Gasteiger partial charge in [0.15, 0.2) is 11.7 Å². The minimum Gasteiger partial charge on any atom is -0.441 e. The summed E-state index contributed by atoms with van der Waals surface area (Å²) in [5.41, 5.74) is 2.06. The summed E-state index contributed by atoms with van der Waals surface area (Å²) in [5.74, 6) is 0.954. The number of nitrogens with zero attached hydrogens (tertiary/aromatic N) is 2. The van der Waals surface area contributed by atoms with E-state index in [9.17, 15) is 9.59 Å². The van der Waals surface area contributed by atoms with Gasteiger partial charge in [0.1, 0.15) is 0 Å². The van der Waals surface area contributed by atoms with Crippen LogP contribution >= 0.6 is 11.6 Å². The Morgan fingerprint density at radius 1 is 1.07 bits per heavy atom. The molecule has 0 radical (unpaired) electrons. The van der Waals surface area contributed by atoms with Crippen LogP contribution in [0.5, 0.6) is 0 Å². The number of hydrogen-bond donors (Lipinski definition) is 1. The standard InChI is InChI=1S/C23H22ClN3O3/c24-19-6-2-1-5-18(19)20-15-25-22(30-20)12-11-21(28)26-17-9-7-16(8-10-17)23(29)27-13-3-4-14-27/h1-2,5-10,15H,3-4,11-14H2,(H,26,28). The van der Waals surface area contributed by atoms with Gasteiger partial charge in [-0.15, -0.1) is 0 Å². The number of aryl methyl sites for hydroxylation is 1. The average Bonchev–Trinajstić information content (AvgIpc) is 3.45. The Hall–Kier alpha value is -3.12. The fourth-order valence-electron chi connectivity index (χ4n) is 3.45. The molecule has 2 heterocycles. The van der Waals surface area contributed by atoms with Gasteiger partial charge in [0.2, 0.25) is 5.91 Å². The number of benzene rings is 2. The number of hydrogen-bond acceptors (Lipinski definition) is 4. The summed E-state index contributed by atoms with van der Waals surface area (Å²) in [6.45, 7) is 1.63. The third kappa shape index (κ3) is 4.71. The molecule has 0 spiro atoms. The SMILES string of the molecule is O=C(CCc1ncc(-c2ccccc2Cl)o1)Nc1ccc(C(=O)N2CCCC2)cc1. The van der Waals surface area contributed by atoms with Crippen LogP contribution in [0.1, 0.15) is 35.5 Å². The Balaban J connectivity index is 1.30. The number of anilines is 1. The number of carbonyl (C=O) groups is 2. The molecular formula is C23H22ClN3O3. The zero-order valence-corrected chi connectivity index (χ0v) is 17.2. The van der Waals surface area contributed by atoms with Crippen LogP contribution in [0, 0.1) is 0 Å². The highest BCUT2D eigenvalue weighted by Gasteiger charge is 2.19. The highest BCUT2D eigenvalue weighted by atomic mass is 35.5. The fraction of sp³-hybridized carbons (Fsp3) is 0.261. The number of aromatic nitrogens is 1. The van der Waals surface area contributed by atoms with Crippen LogP contribution in [-0.2, 0) is 11.2 Å². The number of carbonyl (C=O) groups excluding carboxylic acids is 2. The third-order valence-electron chi connectivity index (χ3n) is 5.07. The lowest BCUT2D eigenvalue weighted by Gasteiger charge is -2.15. The zero-order chi connectivity index (χ0) is 20.9. The predicted molar refractivity (Wildman–Crippen MR) is 115 cm³/mol. The molecule has 6 nitrogen and oxygen atoms in total. The Kier molecular flexibility index (Phi) is 6.14. The first-order chi connectivity index (χ1) is 14.6. The molecule has 0 unspecified atom stereocenters. The molecule has 1 saturated heterocycles. The van der Waals surface area contributed by atoms with Crippen molar-refractivity contribution in [3.8, 4) is 11.3 Å². The lowest BCUT2D eigenvalue weighted by atomic mass is 10.1. The topological polar surface area (TPSA) is 75.4 Å². The van der Waals surface area contributed by atoms with E-state index in [1.165, 1.54) is 0 Å². The minimum atomic E-state index is -0.147. The molecule has 30 heavy (non-hydrogen) atoms. The molecule has 4 rings (SSSR count). The van der Waals surface area contributed by atoms with Gasteiger partial charge >= 0.3 is 0 Å². The molecule has 1 aliphatic heterocycles. The maximum absolute atomic E-state index is 12.4. The van der Waals surface area contributed by atoms with E-state index >= 15 is 0 Å². The van der Waals surface area contributed by atoms with Gasteiger partial charge in [-0.2, -0.15) is 0 Å². The molecule has 0 atom stereocenters. The van der Waals surface area contributed by atoms with Crippen molar-refractivity contribution >= 4 is 29.1 Å². The van der Waals surface area contributed by atoms with Crippen LogP contribution in [0.4, 0.5) is 5.69 Å². The van der Waals surface area contributed by atoms with Crippen LogP contribution < -0.4 is 5.32 Å². The Labute approximate surface area is 179 Å². The van der Waals surface area contributed by atoms with Crippen molar-refractivity contribution in [2.75, 3.05) is 18.4 Å². The minimum absolute atomic E-state index is 0.0450. The number of amides is 2. The molecule has 2 aromatic carbocycles. The van der Waals surface area contributed by atoms with E-state index in [1.54, 1.807) is 36.5 Å². The van der Waals surface area contributed by atoms with Crippen LogP contribution in [0.2, 0.25) is 5.02 Å². The van der Waals surface area contributed by atoms with E-state index in [1.807, 2.05) is 23.1 Å². The van der Waals surface area contributed by atoms with Crippen molar-refractivity contribution in [3.05, 3.63) is 71.2 Å². The van der Waals surface area contributed by atoms with Gasteiger partial charge in [0.25, 0.3) is 5.91 Å². The summed E-state index contributed by atoms with van der Waals surface area (Å²) in [4.78, 5) is 30.7. The lowest BCUT2D eigenvalue weighted by molar-refractivity contribution is -0.116. The number of nitrogens with one attached hydrogen (secondary N) is 1. The number of oxazole rings is 1. The second-order valence-electron chi connectivity index (χ2n) is 7.22. The van der Waals surface area contributed by atoms with E-state index in [-0.39, 0.29) is 18.2 Å². The molecule has 1 fully saturated rings. The summed E-state index contributed by atoms with van der Waals surface area (Å²) in [7, 11) is 0. The van der Waals surface area contributed by atoms with Crippen molar-refractivity contribution in [2.45, 2.75) is 25.7 Å². The molecule has 1 N–H and O–H groups in total. The van der Waals surface area contributed by atoms with Crippen molar-refractivity contribution in [1.29, 1.82) is 0 Å². The van der Waals surface area contributed by atoms with Crippen molar-refractivity contribution < 1.29 is 14.0 Å². The van der Waals surface area contributed by atoms with Crippen molar-refractivity contribution in [1.82, 2.24) is 9.88 Å². The quantitative estimate of drug-likeness (QED) is 0.617. The van der Waals surface area contributed by atoms with Gasteiger partial charge in [-0.3, -0.25) is 9.59 Å². The highest BCUT2D eigenvalue weighted by molar-refractivity contribution is 6.33. The summed E-state index contributed by atoms with van der Waals surface area (Å²) in [6, 6.07) is 14.4. The fourth-order valence-corrected chi connectivity index (χ4v) is 3.68. The normalized spacial score (nSPS) is 13.4. The first-order valence-corrected chi connectivity index (χ1v) is 10.4. The first kappa shape index (κ1) is 20.2. The van der Waals surface area contributed by atoms with E-state index < -0.39 is 0 Å². The summed E-state index contributed by atoms with van der Waals surface area (Å²) < 4.78 is 5.72. The second kappa shape index (κ2) is 9.13. The van der Waals surface area contributed by atoms with Gasteiger partial charge in [-0.25, -0.2) is 4.98 Å². The molecule has 154 valence electrons. The van der Waals surface area contributed by atoms with E-state index in [0.29, 0.717) is 34.3 Å². The molecule has 3 aromatic rings. The van der Waals surface area contributed by atoms with Crippen LogP contribution in [0.15, 0.2) is 59.1 Å². The van der Waals surface area contributed by atoms with Gasteiger partial charge in [-0.1, -0.05) is 23.7 Å².